The Morgan fingerprint density at radius 2 is 2.32 bits per heavy atom. The number of aromatic nitrogens is 1. The van der Waals surface area contributed by atoms with Crippen molar-refractivity contribution in [3.63, 3.8) is 0 Å². The molecule has 0 saturated carbocycles. The second kappa shape index (κ2) is 6.91. The summed E-state index contributed by atoms with van der Waals surface area (Å²) >= 11 is 1.73. The van der Waals surface area contributed by atoms with Crippen molar-refractivity contribution in [3.05, 3.63) is 30.5 Å². The first-order valence-corrected chi connectivity index (χ1v) is 7.18. The molecule has 0 aliphatic carbocycles. The van der Waals surface area contributed by atoms with Gasteiger partial charge in [0, 0.05) is 23.9 Å². The molecule has 2 rings (SSSR count). The van der Waals surface area contributed by atoms with Gasteiger partial charge in [0.1, 0.15) is 11.6 Å². The van der Waals surface area contributed by atoms with E-state index in [9.17, 15) is 0 Å². The maximum atomic E-state index is 5.25. The number of nitrogens with one attached hydrogen (secondary N) is 1. The molecule has 3 nitrogen and oxygen atoms in total. The van der Waals surface area contributed by atoms with Crippen LogP contribution in [0.2, 0.25) is 0 Å². The minimum atomic E-state index is 0.748. The van der Waals surface area contributed by atoms with E-state index in [4.69, 9.17) is 11.2 Å². The van der Waals surface area contributed by atoms with Gasteiger partial charge in [0.05, 0.1) is 12.9 Å². The summed E-state index contributed by atoms with van der Waals surface area (Å²) in [5.41, 5.74) is 0. The first-order chi connectivity index (χ1) is 9.35. The number of thioether (sulfide) groups is 1. The number of methoxy groups -OCH3 is 1. The zero-order valence-corrected chi connectivity index (χ0v) is 11.7. The number of benzene rings is 1. The molecule has 0 unspecified atom stereocenters. The van der Waals surface area contributed by atoms with E-state index in [1.807, 2.05) is 30.5 Å². The largest absolute Gasteiger partial charge is 0.497 e. The number of terminal acetylenes is 1. The van der Waals surface area contributed by atoms with E-state index in [-0.39, 0.29) is 0 Å². The monoisotopic (exact) mass is 272 g/mol. The lowest BCUT2D eigenvalue weighted by molar-refractivity contribution is 0.415. The third kappa shape index (κ3) is 3.55. The number of nitrogens with zero attached hydrogens (tertiary/aromatic N) is 1. The molecule has 1 heterocycles. The molecule has 0 aliphatic heterocycles. The molecule has 0 atom stereocenters. The van der Waals surface area contributed by atoms with Crippen LogP contribution in [0.15, 0.2) is 30.5 Å². The molecule has 0 bridgehead atoms. The van der Waals surface area contributed by atoms with Crippen LogP contribution in [0.4, 0.5) is 5.82 Å². The minimum Gasteiger partial charge on any atom is -0.497 e. The molecule has 2 aromatic rings. The van der Waals surface area contributed by atoms with Crippen molar-refractivity contribution in [2.45, 2.75) is 0 Å². The van der Waals surface area contributed by atoms with Crippen LogP contribution in [0.25, 0.3) is 10.8 Å². The summed E-state index contributed by atoms with van der Waals surface area (Å²) in [6.07, 6.45) is 7.02. The van der Waals surface area contributed by atoms with Crippen LogP contribution >= 0.6 is 11.8 Å². The van der Waals surface area contributed by atoms with Crippen LogP contribution in [-0.4, -0.2) is 30.1 Å². The lowest BCUT2D eigenvalue weighted by Crippen LogP contribution is -2.06. The second-order valence-corrected chi connectivity index (χ2v) is 5.04. The van der Waals surface area contributed by atoms with Crippen molar-refractivity contribution < 1.29 is 4.74 Å². The highest BCUT2D eigenvalue weighted by molar-refractivity contribution is 7.99. The Kier molecular flexibility index (Phi) is 4.93. The second-order valence-electron chi connectivity index (χ2n) is 3.93. The van der Waals surface area contributed by atoms with E-state index in [0.717, 1.165) is 40.4 Å². The highest BCUT2D eigenvalue weighted by Gasteiger charge is 2.03. The summed E-state index contributed by atoms with van der Waals surface area (Å²) in [5, 5.41) is 5.56. The fraction of sp³-hybridized carbons (Fsp3) is 0.267. The number of rotatable bonds is 6. The average molecular weight is 272 g/mol. The number of pyridine rings is 1. The van der Waals surface area contributed by atoms with Crippen LogP contribution in [-0.2, 0) is 0 Å². The standard InChI is InChI=1S/C15H16N2OS/c1-3-9-19-10-8-17-15-14-11-13(18-2)5-4-12(14)6-7-16-15/h1,4-7,11H,8-10H2,2H3,(H,16,17). The summed E-state index contributed by atoms with van der Waals surface area (Å²) in [4.78, 5) is 4.38. The maximum Gasteiger partial charge on any atom is 0.133 e. The summed E-state index contributed by atoms with van der Waals surface area (Å²) in [7, 11) is 1.67. The van der Waals surface area contributed by atoms with Crippen LogP contribution in [0.3, 0.4) is 0 Å². The van der Waals surface area contributed by atoms with E-state index in [0.29, 0.717) is 0 Å². The lowest BCUT2D eigenvalue weighted by Gasteiger charge is -2.09. The number of anilines is 1. The molecule has 4 heteroatoms. The third-order valence-electron chi connectivity index (χ3n) is 2.70. The Morgan fingerprint density at radius 1 is 1.42 bits per heavy atom. The molecule has 19 heavy (non-hydrogen) atoms. The zero-order valence-electron chi connectivity index (χ0n) is 10.8. The van der Waals surface area contributed by atoms with Crippen LogP contribution in [0, 0.1) is 12.3 Å². The molecule has 0 saturated heterocycles. The lowest BCUT2D eigenvalue weighted by atomic mass is 10.1. The number of hydrogen-bond donors (Lipinski definition) is 1. The van der Waals surface area contributed by atoms with Crippen molar-refractivity contribution in [2.24, 2.45) is 0 Å². The van der Waals surface area contributed by atoms with E-state index in [2.05, 4.69) is 16.2 Å². The molecular weight excluding hydrogens is 256 g/mol. The van der Waals surface area contributed by atoms with E-state index in [1.54, 1.807) is 18.9 Å². The molecule has 1 N–H and O–H groups in total. The topological polar surface area (TPSA) is 34.2 Å². The Hall–Kier alpha value is -1.86. The highest BCUT2D eigenvalue weighted by atomic mass is 32.2. The molecule has 1 aromatic carbocycles. The number of ether oxygens (including phenoxy) is 1. The van der Waals surface area contributed by atoms with Crippen molar-refractivity contribution in [2.75, 3.05) is 30.5 Å². The smallest absolute Gasteiger partial charge is 0.133 e. The van der Waals surface area contributed by atoms with Gasteiger partial charge in [-0.1, -0.05) is 12.0 Å². The van der Waals surface area contributed by atoms with Gasteiger partial charge in [-0.05, 0) is 23.6 Å². The molecular formula is C15H16N2OS. The molecule has 0 radical (unpaired) electrons. The van der Waals surface area contributed by atoms with Gasteiger partial charge in [0.15, 0.2) is 0 Å². The maximum absolute atomic E-state index is 5.25. The van der Waals surface area contributed by atoms with Gasteiger partial charge in [-0.3, -0.25) is 0 Å². The molecule has 0 spiro atoms. The van der Waals surface area contributed by atoms with Gasteiger partial charge in [-0.2, -0.15) is 0 Å². The predicted molar refractivity (Wildman–Crippen MR) is 82.9 cm³/mol. The van der Waals surface area contributed by atoms with Crippen molar-refractivity contribution in [3.8, 4) is 18.1 Å². The number of hydrogen-bond acceptors (Lipinski definition) is 4. The molecule has 98 valence electrons. The van der Waals surface area contributed by atoms with Gasteiger partial charge in [-0.25, -0.2) is 4.98 Å². The van der Waals surface area contributed by atoms with Crippen LogP contribution in [0.1, 0.15) is 0 Å². The first-order valence-electron chi connectivity index (χ1n) is 6.03. The summed E-state index contributed by atoms with van der Waals surface area (Å²) in [6, 6.07) is 7.98. The predicted octanol–water partition coefficient (Wildman–Crippen LogP) is 3.02. The van der Waals surface area contributed by atoms with Crippen molar-refractivity contribution in [1.29, 1.82) is 0 Å². The summed E-state index contributed by atoms with van der Waals surface area (Å²) in [6.45, 7) is 0.843. The summed E-state index contributed by atoms with van der Waals surface area (Å²) < 4.78 is 5.25. The molecule has 0 aliphatic rings. The molecule has 0 fully saturated rings. The Labute approximate surface area is 117 Å². The van der Waals surface area contributed by atoms with Crippen molar-refractivity contribution in [1.82, 2.24) is 4.98 Å². The van der Waals surface area contributed by atoms with Gasteiger partial charge in [0.25, 0.3) is 0 Å². The zero-order chi connectivity index (χ0) is 13.5. The van der Waals surface area contributed by atoms with Crippen molar-refractivity contribution >= 4 is 28.4 Å². The quantitative estimate of drug-likeness (QED) is 0.647. The van der Waals surface area contributed by atoms with E-state index in [1.165, 1.54) is 0 Å². The van der Waals surface area contributed by atoms with E-state index >= 15 is 0 Å². The SMILES string of the molecule is C#CCSCCNc1nccc2ccc(OC)cc12. The normalized spacial score (nSPS) is 10.1. The van der Waals surface area contributed by atoms with Gasteiger partial charge in [0.2, 0.25) is 0 Å². The fourth-order valence-electron chi connectivity index (χ4n) is 1.79. The molecule has 1 aromatic heterocycles. The molecule has 0 amide bonds. The van der Waals surface area contributed by atoms with Crippen LogP contribution in [0.5, 0.6) is 5.75 Å². The third-order valence-corrected chi connectivity index (χ3v) is 3.56. The Balaban J connectivity index is 2.11. The number of fused-ring (bicyclic) bond motifs is 1. The fourth-order valence-corrected chi connectivity index (χ4v) is 2.30. The van der Waals surface area contributed by atoms with Crippen LogP contribution < -0.4 is 10.1 Å². The summed E-state index contributed by atoms with van der Waals surface area (Å²) in [5.74, 6) is 6.05. The van der Waals surface area contributed by atoms with E-state index < -0.39 is 0 Å². The first kappa shape index (κ1) is 13.6. The van der Waals surface area contributed by atoms with Gasteiger partial charge < -0.3 is 10.1 Å². The van der Waals surface area contributed by atoms with Gasteiger partial charge >= 0.3 is 0 Å². The minimum absolute atomic E-state index is 0.748. The Bertz CT molecular complexity index is 592. The average Bonchev–Trinajstić information content (AvgIpc) is 2.46. The highest BCUT2D eigenvalue weighted by Crippen LogP contribution is 2.25. The Morgan fingerprint density at radius 3 is 3.11 bits per heavy atom. The van der Waals surface area contributed by atoms with Gasteiger partial charge in [-0.15, -0.1) is 18.2 Å².